The number of hydrogen-bond donors (Lipinski definition) is 1. The Morgan fingerprint density at radius 2 is 1.82 bits per heavy atom. The Morgan fingerprint density at radius 3 is 2.44 bits per heavy atom. The second kappa shape index (κ2) is 10.6. The van der Waals surface area contributed by atoms with Crippen molar-refractivity contribution in [2.75, 3.05) is 14.2 Å². The number of ether oxygens (including phenoxy) is 2. The lowest BCUT2D eigenvalue weighted by Crippen LogP contribution is -2.31. The summed E-state index contributed by atoms with van der Waals surface area (Å²) >= 11 is 0. The maximum absolute atomic E-state index is 5.66. The first-order chi connectivity index (χ1) is 16.6. The molecule has 0 fully saturated rings. The van der Waals surface area contributed by atoms with E-state index in [1.165, 1.54) is 0 Å². The summed E-state index contributed by atoms with van der Waals surface area (Å²) in [6.07, 6.45) is 5.09. The maximum atomic E-state index is 5.66. The number of tetrazole rings is 1. The van der Waals surface area contributed by atoms with Crippen molar-refractivity contribution in [3.05, 3.63) is 59.9 Å². The first-order valence-corrected chi connectivity index (χ1v) is 11.5. The normalized spacial score (nSPS) is 11.8. The molecule has 178 valence electrons. The standard InChI is InChI=1S/C24H30N8O2/c1-5-7-14-32-21(26-23(29-32)24(6-2,33-3)34-4)15-18-13-12-17(16-25-18)19-10-8-9-11-20(19)22-27-30-31-28-22/h8-13,16H,5-7,14-15H2,1-4H3,(H,27,28,30,31). The van der Waals surface area contributed by atoms with Gasteiger partial charge in [-0.25, -0.2) is 9.67 Å². The van der Waals surface area contributed by atoms with Crippen LogP contribution in [0, 0.1) is 0 Å². The number of H-pyrrole nitrogens is 1. The number of aryl methyl sites for hydroxylation is 1. The molecular formula is C24H30N8O2. The van der Waals surface area contributed by atoms with Gasteiger partial charge in [0.25, 0.3) is 0 Å². The van der Waals surface area contributed by atoms with Crippen LogP contribution in [0.4, 0.5) is 0 Å². The third-order valence-electron chi connectivity index (χ3n) is 5.93. The van der Waals surface area contributed by atoms with Crippen LogP contribution >= 0.6 is 0 Å². The number of rotatable bonds is 11. The van der Waals surface area contributed by atoms with Crippen LogP contribution in [-0.2, 0) is 28.2 Å². The molecule has 34 heavy (non-hydrogen) atoms. The molecule has 0 aliphatic carbocycles. The van der Waals surface area contributed by atoms with E-state index in [1.807, 2.05) is 48.1 Å². The zero-order valence-corrected chi connectivity index (χ0v) is 20.0. The van der Waals surface area contributed by atoms with Gasteiger partial charge in [-0.15, -0.1) is 10.2 Å². The first kappa shape index (κ1) is 23.7. The number of aromatic amines is 1. The highest BCUT2D eigenvalue weighted by Gasteiger charge is 2.35. The van der Waals surface area contributed by atoms with Gasteiger partial charge in [0, 0.05) is 56.6 Å². The number of methoxy groups -OCH3 is 2. The van der Waals surface area contributed by atoms with Gasteiger partial charge >= 0.3 is 0 Å². The van der Waals surface area contributed by atoms with Crippen molar-refractivity contribution in [1.82, 2.24) is 40.4 Å². The van der Waals surface area contributed by atoms with Gasteiger partial charge in [0.05, 0.1) is 0 Å². The number of aromatic nitrogens is 8. The van der Waals surface area contributed by atoms with Crippen LogP contribution < -0.4 is 0 Å². The average Bonchev–Trinajstić information content (AvgIpc) is 3.56. The minimum Gasteiger partial charge on any atom is -0.347 e. The summed E-state index contributed by atoms with van der Waals surface area (Å²) < 4.78 is 13.3. The lowest BCUT2D eigenvalue weighted by Gasteiger charge is -2.26. The largest absolute Gasteiger partial charge is 0.347 e. The highest BCUT2D eigenvalue weighted by Crippen LogP contribution is 2.30. The Kier molecular flexibility index (Phi) is 7.39. The van der Waals surface area contributed by atoms with Crippen molar-refractivity contribution in [2.45, 2.75) is 51.9 Å². The fourth-order valence-corrected chi connectivity index (χ4v) is 3.92. The molecule has 0 saturated carbocycles. The van der Waals surface area contributed by atoms with Gasteiger partial charge in [-0.2, -0.15) is 10.3 Å². The molecule has 3 aromatic heterocycles. The Bertz CT molecular complexity index is 1180. The SMILES string of the molecule is CCCCn1nc(C(CC)(OC)OC)nc1Cc1ccc(-c2ccccc2-c2nn[nH]n2)cn1. The third kappa shape index (κ3) is 4.73. The van der Waals surface area contributed by atoms with Crippen molar-refractivity contribution in [2.24, 2.45) is 0 Å². The molecule has 10 nitrogen and oxygen atoms in total. The topological polar surface area (TPSA) is 117 Å². The summed E-state index contributed by atoms with van der Waals surface area (Å²) in [5.41, 5.74) is 3.75. The molecule has 4 aromatic rings. The Hall–Kier alpha value is -3.50. The van der Waals surface area contributed by atoms with Gasteiger partial charge in [-0.3, -0.25) is 4.98 Å². The molecule has 0 atom stereocenters. The van der Waals surface area contributed by atoms with E-state index in [-0.39, 0.29) is 0 Å². The predicted molar refractivity (Wildman–Crippen MR) is 127 cm³/mol. The fraction of sp³-hybridized carbons (Fsp3) is 0.417. The summed E-state index contributed by atoms with van der Waals surface area (Å²) in [6, 6.07) is 12.0. The van der Waals surface area contributed by atoms with Crippen LogP contribution in [0.5, 0.6) is 0 Å². The molecule has 10 heteroatoms. The first-order valence-electron chi connectivity index (χ1n) is 11.5. The second-order valence-corrected chi connectivity index (χ2v) is 7.94. The molecule has 0 radical (unpaired) electrons. The molecule has 4 rings (SSSR count). The molecule has 0 saturated heterocycles. The molecule has 1 N–H and O–H groups in total. The summed E-state index contributed by atoms with van der Waals surface area (Å²) in [5, 5.41) is 19.2. The van der Waals surface area contributed by atoms with E-state index in [0.717, 1.165) is 47.6 Å². The number of nitrogens with one attached hydrogen (secondary N) is 1. The predicted octanol–water partition coefficient (Wildman–Crippen LogP) is 3.77. The van der Waals surface area contributed by atoms with Crippen LogP contribution in [0.1, 0.15) is 50.5 Å². The number of benzene rings is 1. The molecule has 0 amide bonds. The zero-order valence-electron chi connectivity index (χ0n) is 20.0. The van der Waals surface area contributed by atoms with Gasteiger partial charge in [0.15, 0.2) is 0 Å². The van der Waals surface area contributed by atoms with Gasteiger partial charge in [0.1, 0.15) is 5.82 Å². The molecule has 0 aliphatic rings. The molecule has 3 heterocycles. The smallest absolute Gasteiger partial charge is 0.231 e. The Labute approximate surface area is 198 Å². The summed E-state index contributed by atoms with van der Waals surface area (Å²) in [5.74, 6) is 0.967. The molecular weight excluding hydrogens is 432 g/mol. The summed E-state index contributed by atoms with van der Waals surface area (Å²) in [7, 11) is 3.23. The number of unbranched alkanes of at least 4 members (excludes halogenated alkanes) is 1. The molecule has 1 aromatic carbocycles. The summed E-state index contributed by atoms with van der Waals surface area (Å²) in [6.45, 7) is 4.93. The highest BCUT2D eigenvalue weighted by atomic mass is 16.7. The van der Waals surface area contributed by atoms with Crippen molar-refractivity contribution >= 4 is 0 Å². The van der Waals surface area contributed by atoms with Gasteiger partial charge in [-0.05, 0) is 23.3 Å². The van der Waals surface area contributed by atoms with Crippen LogP contribution in [0.15, 0.2) is 42.6 Å². The van der Waals surface area contributed by atoms with E-state index in [9.17, 15) is 0 Å². The van der Waals surface area contributed by atoms with E-state index < -0.39 is 5.79 Å². The Morgan fingerprint density at radius 1 is 1.03 bits per heavy atom. The third-order valence-corrected chi connectivity index (χ3v) is 5.93. The van der Waals surface area contributed by atoms with Crippen molar-refractivity contribution < 1.29 is 9.47 Å². The van der Waals surface area contributed by atoms with Crippen molar-refractivity contribution in [1.29, 1.82) is 0 Å². The monoisotopic (exact) mass is 462 g/mol. The fourth-order valence-electron chi connectivity index (χ4n) is 3.92. The quantitative estimate of drug-likeness (QED) is 0.335. The lowest BCUT2D eigenvalue weighted by molar-refractivity contribution is -0.222. The zero-order chi connectivity index (χ0) is 24.0. The lowest BCUT2D eigenvalue weighted by atomic mass is 10.0. The van der Waals surface area contributed by atoms with Gasteiger partial charge in [-0.1, -0.05) is 50.6 Å². The van der Waals surface area contributed by atoms with E-state index >= 15 is 0 Å². The van der Waals surface area contributed by atoms with E-state index in [4.69, 9.17) is 24.5 Å². The van der Waals surface area contributed by atoms with Crippen molar-refractivity contribution in [3.63, 3.8) is 0 Å². The van der Waals surface area contributed by atoms with E-state index in [1.54, 1.807) is 14.2 Å². The van der Waals surface area contributed by atoms with Crippen LogP contribution in [0.2, 0.25) is 0 Å². The minimum atomic E-state index is -0.956. The molecule has 0 bridgehead atoms. The van der Waals surface area contributed by atoms with Gasteiger partial charge in [0.2, 0.25) is 17.4 Å². The minimum absolute atomic E-state index is 0.539. The highest BCUT2D eigenvalue weighted by molar-refractivity contribution is 5.79. The Balaban J connectivity index is 1.62. The van der Waals surface area contributed by atoms with E-state index in [2.05, 4.69) is 33.6 Å². The summed E-state index contributed by atoms with van der Waals surface area (Å²) in [4.78, 5) is 9.53. The van der Waals surface area contributed by atoms with Crippen LogP contribution in [-0.4, -0.2) is 54.6 Å². The van der Waals surface area contributed by atoms with E-state index in [0.29, 0.717) is 24.5 Å². The van der Waals surface area contributed by atoms with Gasteiger partial charge < -0.3 is 9.47 Å². The molecule has 0 unspecified atom stereocenters. The second-order valence-electron chi connectivity index (χ2n) is 7.94. The molecule has 0 spiro atoms. The average molecular weight is 463 g/mol. The number of hydrogen-bond acceptors (Lipinski definition) is 8. The molecule has 0 aliphatic heterocycles. The number of nitrogens with zero attached hydrogens (tertiary/aromatic N) is 7. The maximum Gasteiger partial charge on any atom is 0.231 e. The number of pyridine rings is 1. The van der Waals surface area contributed by atoms with Crippen LogP contribution in [0.25, 0.3) is 22.5 Å². The van der Waals surface area contributed by atoms with Crippen molar-refractivity contribution in [3.8, 4) is 22.5 Å². The van der Waals surface area contributed by atoms with Crippen LogP contribution in [0.3, 0.4) is 0 Å².